The Morgan fingerprint density at radius 1 is 1.00 bits per heavy atom. The fraction of sp³-hybridized carbons (Fsp3) is 0.150. The molecule has 0 saturated heterocycles. The number of rotatable bonds is 2. The molecule has 0 saturated carbocycles. The van der Waals surface area contributed by atoms with Crippen molar-refractivity contribution in [2.24, 2.45) is 0 Å². The minimum absolute atomic E-state index is 0.0662. The van der Waals surface area contributed by atoms with Gasteiger partial charge in [-0.25, -0.2) is 0 Å². The number of fused-ring (bicyclic) bond motifs is 1. The SMILES string of the molecule is CC1Cc2ccccc2N1C(=O)c1cccc(-n2cccc2)c1. The molecule has 0 fully saturated rings. The Hall–Kier alpha value is -2.81. The van der Waals surface area contributed by atoms with Gasteiger partial charge < -0.3 is 9.47 Å². The van der Waals surface area contributed by atoms with Gasteiger partial charge in [0.1, 0.15) is 0 Å². The van der Waals surface area contributed by atoms with Gasteiger partial charge in [0.2, 0.25) is 0 Å². The van der Waals surface area contributed by atoms with Crippen molar-refractivity contribution in [3.8, 4) is 5.69 Å². The van der Waals surface area contributed by atoms with Gasteiger partial charge in [-0.2, -0.15) is 0 Å². The van der Waals surface area contributed by atoms with E-state index in [0.717, 1.165) is 23.4 Å². The molecule has 2 aromatic carbocycles. The second kappa shape index (κ2) is 5.43. The van der Waals surface area contributed by atoms with Crippen LogP contribution in [0.3, 0.4) is 0 Å². The molecule has 0 spiro atoms. The molecule has 1 amide bonds. The van der Waals surface area contributed by atoms with E-state index in [4.69, 9.17) is 0 Å². The molecule has 114 valence electrons. The van der Waals surface area contributed by atoms with Crippen molar-refractivity contribution in [2.45, 2.75) is 19.4 Å². The second-order valence-electron chi connectivity index (χ2n) is 6.00. The maximum Gasteiger partial charge on any atom is 0.258 e. The number of amides is 1. The molecule has 2 heterocycles. The number of carbonyl (C=O) groups excluding carboxylic acids is 1. The molecule has 1 aliphatic heterocycles. The summed E-state index contributed by atoms with van der Waals surface area (Å²) in [6, 6.07) is 20.1. The summed E-state index contributed by atoms with van der Waals surface area (Å²) in [5, 5.41) is 0. The molecule has 0 bridgehead atoms. The van der Waals surface area contributed by atoms with Crippen molar-refractivity contribution in [3.63, 3.8) is 0 Å². The van der Waals surface area contributed by atoms with Crippen LogP contribution in [0.25, 0.3) is 5.69 Å². The number of carbonyl (C=O) groups is 1. The van der Waals surface area contributed by atoms with Gasteiger partial charge in [-0.3, -0.25) is 4.79 Å². The first-order chi connectivity index (χ1) is 11.2. The number of anilines is 1. The zero-order valence-corrected chi connectivity index (χ0v) is 13.0. The van der Waals surface area contributed by atoms with E-state index in [0.29, 0.717) is 0 Å². The predicted octanol–water partition coefficient (Wildman–Crippen LogP) is 4.07. The van der Waals surface area contributed by atoms with Crippen LogP contribution in [0.2, 0.25) is 0 Å². The van der Waals surface area contributed by atoms with E-state index in [2.05, 4.69) is 13.0 Å². The van der Waals surface area contributed by atoms with E-state index in [1.165, 1.54) is 5.56 Å². The van der Waals surface area contributed by atoms with Gasteiger partial charge in [-0.05, 0) is 55.3 Å². The third kappa shape index (κ3) is 2.34. The van der Waals surface area contributed by atoms with Crippen molar-refractivity contribution < 1.29 is 4.79 Å². The highest BCUT2D eigenvalue weighted by Gasteiger charge is 2.31. The summed E-state index contributed by atoms with van der Waals surface area (Å²) in [6.45, 7) is 2.10. The summed E-state index contributed by atoms with van der Waals surface area (Å²) in [5.41, 5.74) is 4.01. The lowest BCUT2D eigenvalue weighted by atomic mass is 10.1. The number of aromatic nitrogens is 1. The number of para-hydroxylation sites is 1. The average molecular weight is 302 g/mol. The topological polar surface area (TPSA) is 25.2 Å². The lowest BCUT2D eigenvalue weighted by Gasteiger charge is -2.23. The van der Waals surface area contributed by atoms with Crippen LogP contribution in [0.5, 0.6) is 0 Å². The molecule has 23 heavy (non-hydrogen) atoms. The lowest BCUT2D eigenvalue weighted by Crippen LogP contribution is -2.35. The van der Waals surface area contributed by atoms with Crippen molar-refractivity contribution >= 4 is 11.6 Å². The van der Waals surface area contributed by atoms with Crippen molar-refractivity contribution in [2.75, 3.05) is 4.90 Å². The third-order valence-electron chi connectivity index (χ3n) is 4.42. The van der Waals surface area contributed by atoms with Gasteiger partial charge >= 0.3 is 0 Å². The van der Waals surface area contributed by atoms with Gasteiger partial charge in [0.05, 0.1) is 0 Å². The Kier molecular flexibility index (Phi) is 3.27. The summed E-state index contributed by atoms with van der Waals surface area (Å²) < 4.78 is 2.01. The van der Waals surface area contributed by atoms with Crippen LogP contribution in [0, 0.1) is 0 Å². The Bertz CT molecular complexity index is 852. The van der Waals surface area contributed by atoms with Crippen LogP contribution >= 0.6 is 0 Å². The molecule has 4 rings (SSSR count). The molecule has 1 aliphatic rings. The van der Waals surface area contributed by atoms with Gasteiger partial charge in [0, 0.05) is 35.4 Å². The minimum Gasteiger partial charge on any atom is -0.324 e. The highest BCUT2D eigenvalue weighted by Crippen LogP contribution is 2.33. The Labute approximate surface area is 135 Å². The second-order valence-corrected chi connectivity index (χ2v) is 6.00. The number of benzene rings is 2. The minimum atomic E-state index is 0.0662. The molecule has 1 unspecified atom stereocenters. The zero-order chi connectivity index (χ0) is 15.8. The largest absolute Gasteiger partial charge is 0.324 e. The molecule has 3 nitrogen and oxygen atoms in total. The summed E-state index contributed by atoms with van der Waals surface area (Å²) in [5.74, 6) is 0.0662. The van der Waals surface area contributed by atoms with Crippen LogP contribution in [-0.2, 0) is 6.42 Å². The molecule has 0 aliphatic carbocycles. The first-order valence-electron chi connectivity index (χ1n) is 7.89. The summed E-state index contributed by atoms with van der Waals surface area (Å²) in [7, 11) is 0. The molecule has 0 radical (unpaired) electrons. The van der Waals surface area contributed by atoms with Crippen LogP contribution in [0.4, 0.5) is 5.69 Å². The van der Waals surface area contributed by atoms with Crippen LogP contribution in [0.1, 0.15) is 22.8 Å². The third-order valence-corrected chi connectivity index (χ3v) is 4.42. The normalized spacial score (nSPS) is 16.4. The Balaban J connectivity index is 1.71. The molecule has 1 atom stereocenters. The predicted molar refractivity (Wildman–Crippen MR) is 92.2 cm³/mol. The highest BCUT2D eigenvalue weighted by atomic mass is 16.2. The molecule has 0 N–H and O–H groups in total. The zero-order valence-electron chi connectivity index (χ0n) is 13.0. The van der Waals surface area contributed by atoms with Crippen molar-refractivity contribution in [1.29, 1.82) is 0 Å². The Morgan fingerprint density at radius 3 is 2.61 bits per heavy atom. The Morgan fingerprint density at radius 2 is 1.78 bits per heavy atom. The molecule has 1 aromatic heterocycles. The van der Waals surface area contributed by atoms with Crippen molar-refractivity contribution in [1.82, 2.24) is 4.57 Å². The smallest absolute Gasteiger partial charge is 0.258 e. The fourth-order valence-electron chi connectivity index (χ4n) is 3.32. The number of hydrogen-bond donors (Lipinski definition) is 0. The number of nitrogens with zero attached hydrogens (tertiary/aromatic N) is 2. The molecular weight excluding hydrogens is 284 g/mol. The van der Waals surface area contributed by atoms with Gasteiger partial charge in [0.15, 0.2) is 0 Å². The first-order valence-corrected chi connectivity index (χ1v) is 7.89. The molecule has 3 aromatic rings. The maximum absolute atomic E-state index is 13.1. The van der Waals surface area contributed by atoms with Gasteiger partial charge in [0.25, 0.3) is 5.91 Å². The standard InChI is InChI=1S/C20H18N2O/c1-15-13-16-7-2-3-10-19(16)22(15)20(23)17-8-6-9-18(14-17)21-11-4-5-12-21/h2-12,14-15H,13H2,1H3. The number of hydrogen-bond acceptors (Lipinski definition) is 1. The lowest BCUT2D eigenvalue weighted by molar-refractivity contribution is 0.0981. The van der Waals surface area contributed by atoms with E-state index in [-0.39, 0.29) is 11.9 Å². The monoisotopic (exact) mass is 302 g/mol. The quantitative estimate of drug-likeness (QED) is 0.700. The van der Waals surface area contributed by atoms with Crippen LogP contribution < -0.4 is 4.90 Å². The highest BCUT2D eigenvalue weighted by molar-refractivity contribution is 6.08. The summed E-state index contributed by atoms with van der Waals surface area (Å²) in [4.78, 5) is 15.0. The van der Waals surface area contributed by atoms with Gasteiger partial charge in [-0.15, -0.1) is 0 Å². The van der Waals surface area contributed by atoms with E-state index in [1.807, 2.05) is 76.5 Å². The summed E-state index contributed by atoms with van der Waals surface area (Å²) in [6.07, 6.45) is 4.88. The summed E-state index contributed by atoms with van der Waals surface area (Å²) >= 11 is 0. The first kappa shape index (κ1) is 13.8. The fourth-order valence-corrected chi connectivity index (χ4v) is 3.32. The maximum atomic E-state index is 13.1. The average Bonchev–Trinajstić information content (AvgIpc) is 3.21. The molecule has 3 heteroatoms. The van der Waals surface area contributed by atoms with Crippen LogP contribution in [0.15, 0.2) is 73.1 Å². The van der Waals surface area contributed by atoms with E-state index < -0.39 is 0 Å². The van der Waals surface area contributed by atoms with Gasteiger partial charge in [-0.1, -0.05) is 24.3 Å². The van der Waals surface area contributed by atoms with E-state index >= 15 is 0 Å². The molecular formula is C20H18N2O. The van der Waals surface area contributed by atoms with Crippen LogP contribution in [-0.4, -0.2) is 16.5 Å². The van der Waals surface area contributed by atoms with Crippen molar-refractivity contribution in [3.05, 3.63) is 84.2 Å². The van der Waals surface area contributed by atoms with E-state index in [9.17, 15) is 4.79 Å². The van der Waals surface area contributed by atoms with E-state index in [1.54, 1.807) is 0 Å².